The molecule has 0 bridgehead atoms. The first kappa shape index (κ1) is 14.4. The molecule has 0 heterocycles. The van der Waals surface area contributed by atoms with Crippen LogP contribution in [0.2, 0.25) is 0 Å². The largest absolute Gasteiger partial charge is 0.396 e. The molecule has 2 N–H and O–H groups in total. The maximum Gasteiger partial charge on any atom is 0.0434 e. The van der Waals surface area contributed by atoms with E-state index in [1.165, 1.54) is 36.9 Å². The van der Waals surface area contributed by atoms with Crippen LogP contribution in [0.5, 0.6) is 0 Å². The van der Waals surface area contributed by atoms with E-state index >= 15 is 0 Å². The van der Waals surface area contributed by atoms with E-state index in [1.54, 1.807) is 0 Å². The van der Waals surface area contributed by atoms with Crippen LogP contribution in [0, 0.1) is 5.41 Å². The van der Waals surface area contributed by atoms with E-state index in [2.05, 4.69) is 43.4 Å². The molecule has 1 aliphatic rings. The normalized spacial score (nSPS) is 19.3. The van der Waals surface area contributed by atoms with E-state index in [0.717, 1.165) is 12.8 Å². The van der Waals surface area contributed by atoms with Gasteiger partial charge in [-0.05, 0) is 61.6 Å². The van der Waals surface area contributed by atoms with Crippen molar-refractivity contribution in [1.82, 2.24) is 0 Å². The van der Waals surface area contributed by atoms with Gasteiger partial charge in [-0.25, -0.2) is 0 Å². The standard InChI is InChI=1S/C17H27NO/c1-17(2)10-8-15(9-11-17)18-16-7-3-5-14(13-16)6-4-12-19/h3,5,7,13,15,18-19H,4,6,8-12H2,1-2H3. The van der Waals surface area contributed by atoms with Gasteiger partial charge in [-0.2, -0.15) is 0 Å². The molecule has 1 aliphatic carbocycles. The third-order valence-corrected chi connectivity index (χ3v) is 4.26. The summed E-state index contributed by atoms with van der Waals surface area (Å²) in [4.78, 5) is 0. The smallest absolute Gasteiger partial charge is 0.0434 e. The van der Waals surface area contributed by atoms with Crippen molar-refractivity contribution in [2.45, 2.75) is 58.4 Å². The highest BCUT2D eigenvalue weighted by Gasteiger charge is 2.26. The highest BCUT2D eigenvalue weighted by atomic mass is 16.2. The average Bonchev–Trinajstić information content (AvgIpc) is 2.39. The Kier molecular flexibility index (Phi) is 4.87. The molecule has 1 saturated carbocycles. The first-order chi connectivity index (χ1) is 9.09. The Bertz CT molecular complexity index is 390. The average molecular weight is 261 g/mol. The lowest BCUT2D eigenvalue weighted by molar-refractivity contribution is 0.232. The molecule has 19 heavy (non-hydrogen) atoms. The molecule has 0 saturated heterocycles. The fourth-order valence-electron chi connectivity index (χ4n) is 2.88. The van der Waals surface area contributed by atoms with Gasteiger partial charge in [0.05, 0.1) is 0 Å². The van der Waals surface area contributed by atoms with Crippen LogP contribution in [-0.2, 0) is 6.42 Å². The van der Waals surface area contributed by atoms with Crippen LogP contribution in [0.15, 0.2) is 24.3 Å². The molecular formula is C17H27NO. The van der Waals surface area contributed by atoms with Gasteiger partial charge in [-0.1, -0.05) is 26.0 Å². The molecule has 0 radical (unpaired) electrons. The minimum Gasteiger partial charge on any atom is -0.396 e. The maximum atomic E-state index is 8.89. The van der Waals surface area contributed by atoms with Crippen LogP contribution in [0.1, 0.15) is 51.5 Å². The highest BCUT2D eigenvalue weighted by Crippen LogP contribution is 2.36. The molecule has 1 aromatic carbocycles. The van der Waals surface area contributed by atoms with E-state index in [0.29, 0.717) is 11.5 Å². The van der Waals surface area contributed by atoms with E-state index < -0.39 is 0 Å². The van der Waals surface area contributed by atoms with Crippen LogP contribution in [-0.4, -0.2) is 17.8 Å². The van der Waals surface area contributed by atoms with Gasteiger partial charge in [0, 0.05) is 18.3 Å². The quantitative estimate of drug-likeness (QED) is 0.840. The van der Waals surface area contributed by atoms with E-state index in [9.17, 15) is 0 Å². The molecule has 0 spiro atoms. The Hall–Kier alpha value is -1.02. The zero-order valence-corrected chi connectivity index (χ0v) is 12.3. The molecular weight excluding hydrogens is 234 g/mol. The topological polar surface area (TPSA) is 32.3 Å². The van der Waals surface area contributed by atoms with Crippen molar-refractivity contribution in [1.29, 1.82) is 0 Å². The maximum absolute atomic E-state index is 8.89. The Morgan fingerprint density at radius 2 is 2.00 bits per heavy atom. The monoisotopic (exact) mass is 261 g/mol. The number of hydrogen-bond acceptors (Lipinski definition) is 2. The summed E-state index contributed by atoms with van der Waals surface area (Å²) in [5.74, 6) is 0. The fourth-order valence-corrected chi connectivity index (χ4v) is 2.88. The van der Waals surface area contributed by atoms with Gasteiger partial charge >= 0.3 is 0 Å². The number of anilines is 1. The summed E-state index contributed by atoms with van der Waals surface area (Å²) < 4.78 is 0. The zero-order chi connectivity index (χ0) is 13.7. The van der Waals surface area contributed by atoms with Crippen molar-refractivity contribution in [2.24, 2.45) is 5.41 Å². The Morgan fingerprint density at radius 1 is 1.26 bits per heavy atom. The minimum atomic E-state index is 0.273. The van der Waals surface area contributed by atoms with Crippen LogP contribution >= 0.6 is 0 Å². The summed E-state index contributed by atoms with van der Waals surface area (Å²) in [5.41, 5.74) is 3.08. The molecule has 0 aliphatic heterocycles. The molecule has 2 nitrogen and oxygen atoms in total. The third-order valence-electron chi connectivity index (χ3n) is 4.26. The minimum absolute atomic E-state index is 0.273. The zero-order valence-electron chi connectivity index (χ0n) is 12.3. The predicted molar refractivity (Wildman–Crippen MR) is 81.5 cm³/mol. The van der Waals surface area contributed by atoms with Crippen molar-refractivity contribution >= 4 is 5.69 Å². The third kappa shape index (κ3) is 4.54. The number of aryl methyl sites for hydroxylation is 1. The van der Waals surface area contributed by atoms with E-state index in [-0.39, 0.29) is 6.61 Å². The Morgan fingerprint density at radius 3 is 2.68 bits per heavy atom. The SMILES string of the molecule is CC1(C)CCC(Nc2cccc(CCCO)c2)CC1. The molecule has 0 unspecified atom stereocenters. The van der Waals surface area contributed by atoms with Crippen molar-refractivity contribution in [2.75, 3.05) is 11.9 Å². The lowest BCUT2D eigenvalue weighted by atomic mass is 9.75. The van der Waals surface area contributed by atoms with Crippen molar-refractivity contribution in [3.05, 3.63) is 29.8 Å². The second kappa shape index (κ2) is 6.42. The molecule has 0 amide bonds. The van der Waals surface area contributed by atoms with Gasteiger partial charge in [0.25, 0.3) is 0 Å². The summed E-state index contributed by atoms with van der Waals surface area (Å²) in [6.45, 7) is 5.02. The van der Waals surface area contributed by atoms with Crippen LogP contribution < -0.4 is 5.32 Å². The van der Waals surface area contributed by atoms with Crippen molar-refractivity contribution < 1.29 is 5.11 Å². The Labute approximate surface area is 117 Å². The summed E-state index contributed by atoms with van der Waals surface area (Å²) in [5, 5.41) is 12.6. The molecule has 0 atom stereocenters. The van der Waals surface area contributed by atoms with Gasteiger partial charge in [0.2, 0.25) is 0 Å². The number of aliphatic hydroxyl groups excluding tert-OH is 1. The van der Waals surface area contributed by atoms with E-state index in [1.807, 2.05) is 0 Å². The molecule has 1 fully saturated rings. The first-order valence-corrected chi connectivity index (χ1v) is 7.55. The van der Waals surface area contributed by atoms with Gasteiger partial charge in [0.15, 0.2) is 0 Å². The Balaban J connectivity index is 1.89. The lowest BCUT2D eigenvalue weighted by Crippen LogP contribution is -2.29. The van der Waals surface area contributed by atoms with Crippen LogP contribution in [0.3, 0.4) is 0 Å². The first-order valence-electron chi connectivity index (χ1n) is 7.55. The molecule has 2 rings (SSSR count). The van der Waals surface area contributed by atoms with Gasteiger partial charge in [-0.15, -0.1) is 0 Å². The highest BCUT2D eigenvalue weighted by molar-refractivity contribution is 5.46. The fraction of sp³-hybridized carbons (Fsp3) is 0.647. The summed E-state index contributed by atoms with van der Waals surface area (Å²) in [6.07, 6.45) is 6.98. The molecule has 1 aromatic rings. The van der Waals surface area contributed by atoms with Crippen LogP contribution in [0.4, 0.5) is 5.69 Å². The lowest BCUT2D eigenvalue weighted by Gasteiger charge is -2.35. The summed E-state index contributed by atoms with van der Waals surface area (Å²) in [7, 11) is 0. The number of hydrogen-bond donors (Lipinski definition) is 2. The van der Waals surface area contributed by atoms with Gasteiger partial charge < -0.3 is 10.4 Å². The summed E-state index contributed by atoms with van der Waals surface area (Å²) in [6, 6.07) is 9.27. The molecule has 106 valence electrons. The van der Waals surface area contributed by atoms with E-state index in [4.69, 9.17) is 5.11 Å². The second-order valence-electron chi connectivity index (χ2n) is 6.61. The molecule has 0 aromatic heterocycles. The van der Waals surface area contributed by atoms with Gasteiger partial charge in [0.1, 0.15) is 0 Å². The second-order valence-corrected chi connectivity index (χ2v) is 6.61. The van der Waals surface area contributed by atoms with Crippen molar-refractivity contribution in [3.8, 4) is 0 Å². The number of benzene rings is 1. The number of nitrogens with one attached hydrogen (secondary N) is 1. The number of aliphatic hydroxyl groups is 1. The van der Waals surface area contributed by atoms with Crippen molar-refractivity contribution in [3.63, 3.8) is 0 Å². The number of rotatable bonds is 5. The summed E-state index contributed by atoms with van der Waals surface area (Å²) >= 11 is 0. The molecule has 2 heteroatoms. The van der Waals surface area contributed by atoms with Crippen LogP contribution in [0.25, 0.3) is 0 Å². The van der Waals surface area contributed by atoms with Gasteiger partial charge in [-0.3, -0.25) is 0 Å². The predicted octanol–water partition coefficient (Wildman–Crippen LogP) is 3.99.